The van der Waals surface area contributed by atoms with Gasteiger partial charge in [0.2, 0.25) is 5.95 Å². The highest BCUT2D eigenvalue weighted by molar-refractivity contribution is 5.93. The van der Waals surface area contributed by atoms with Gasteiger partial charge in [-0.15, -0.1) is 0 Å². The van der Waals surface area contributed by atoms with E-state index in [1.807, 2.05) is 38.1 Å². The van der Waals surface area contributed by atoms with Gasteiger partial charge in [0.15, 0.2) is 5.79 Å². The second kappa shape index (κ2) is 8.34. The van der Waals surface area contributed by atoms with Crippen molar-refractivity contribution in [2.45, 2.75) is 38.6 Å². The van der Waals surface area contributed by atoms with Crippen molar-refractivity contribution in [3.8, 4) is 5.75 Å². The van der Waals surface area contributed by atoms with Gasteiger partial charge in [0, 0.05) is 44.0 Å². The molecule has 2 saturated heterocycles. The maximum absolute atomic E-state index is 12.7. The van der Waals surface area contributed by atoms with Gasteiger partial charge in [-0.25, -0.2) is 9.97 Å². The molecule has 1 aromatic heterocycles. The number of likely N-dealkylation sites (tertiary alicyclic amines) is 1. The lowest BCUT2D eigenvalue weighted by Crippen LogP contribution is -2.47. The molecule has 29 heavy (non-hydrogen) atoms. The highest BCUT2D eigenvalue weighted by atomic mass is 16.7. The van der Waals surface area contributed by atoms with Crippen LogP contribution in [0.2, 0.25) is 0 Å². The smallest absolute Gasteiger partial charge is 0.256 e. The fourth-order valence-corrected chi connectivity index (χ4v) is 3.54. The summed E-state index contributed by atoms with van der Waals surface area (Å²) in [5.74, 6) is 0.685. The summed E-state index contributed by atoms with van der Waals surface area (Å²) in [4.78, 5) is 23.1. The number of carbonyl (C=O) groups excluding carboxylic acids is 1. The lowest BCUT2D eigenvalue weighted by atomic mass is 10.0. The van der Waals surface area contributed by atoms with Crippen molar-refractivity contribution >= 4 is 17.5 Å². The summed E-state index contributed by atoms with van der Waals surface area (Å²) in [5, 5.41) is 3.13. The Balaban J connectivity index is 1.33. The average molecular weight is 398 g/mol. The Kier molecular flexibility index (Phi) is 5.64. The number of hydrogen-bond donors (Lipinski definition) is 1. The SMILES string of the molecule is CC(C)Oc1ccc(Nc2ncc(C(=O)N3CCC4(CC3)OCCO4)cn2)cc1. The van der Waals surface area contributed by atoms with Crippen LogP contribution in [0.25, 0.3) is 0 Å². The van der Waals surface area contributed by atoms with E-state index < -0.39 is 5.79 Å². The van der Waals surface area contributed by atoms with Crippen molar-refractivity contribution in [1.29, 1.82) is 0 Å². The van der Waals surface area contributed by atoms with Crippen LogP contribution in [0.15, 0.2) is 36.7 Å². The molecule has 4 rings (SSSR count). The number of ether oxygens (including phenoxy) is 3. The molecule has 1 spiro atoms. The van der Waals surface area contributed by atoms with Crippen molar-refractivity contribution in [2.75, 3.05) is 31.6 Å². The molecule has 8 heteroatoms. The molecule has 0 saturated carbocycles. The number of amides is 1. The molecule has 0 unspecified atom stereocenters. The first-order valence-corrected chi connectivity index (χ1v) is 9.96. The first kappa shape index (κ1) is 19.6. The predicted octanol–water partition coefficient (Wildman–Crippen LogP) is 2.99. The summed E-state index contributed by atoms with van der Waals surface area (Å²) in [6.07, 6.45) is 4.62. The number of piperidine rings is 1. The molecule has 0 aliphatic carbocycles. The number of aromatic nitrogens is 2. The van der Waals surface area contributed by atoms with Crippen LogP contribution in [0, 0.1) is 0 Å². The second-order valence-corrected chi connectivity index (χ2v) is 7.51. The lowest BCUT2D eigenvalue weighted by molar-refractivity contribution is -0.181. The summed E-state index contributed by atoms with van der Waals surface area (Å²) >= 11 is 0. The third-order valence-corrected chi connectivity index (χ3v) is 5.01. The van der Waals surface area contributed by atoms with Crippen LogP contribution < -0.4 is 10.1 Å². The summed E-state index contributed by atoms with van der Waals surface area (Å²) in [5.41, 5.74) is 1.32. The van der Waals surface area contributed by atoms with Gasteiger partial charge >= 0.3 is 0 Å². The van der Waals surface area contributed by atoms with Crippen LogP contribution in [-0.2, 0) is 9.47 Å². The van der Waals surface area contributed by atoms with E-state index in [9.17, 15) is 4.79 Å². The summed E-state index contributed by atoms with van der Waals surface area (Å²) in [6, 6.07) is 7.58. The molecule has 1 N–H and O–H groups in total. The highest BCUT2D eigenvalue weighted by Crippen LogP contribution is 2.31. The van der Waals surface area contributed by atoms with Crippen molar-refractivity contribution in [3.63, 3.8) is 0 Å². The number of benzene rings is 1. The molecular formula is C21H26N4O4. The van der Waals surface area contributed by atoms with Crippen molar-refractivity contribution in [2.24, 2.45) is 0 Å². The standard InChI is InChI=1S/C21H26N4O4/c1-15(2)29-18-5-3-17(4-6-18)24-20-22-13-16(14-23-20)19(26)25-9-7-21(8-10-25)27-11-12-28-21/h3-6,13-15H,7-12H2,1-2H3,(H,22,23,24). The molecule has 0 atom stereocenters. The highest BCUT2D eigenvalue weighted by Gasteiger charge is 2.40. The predicted molar refractivity (Wildman–Crippen MR) is 107 cm³/mol. The minimum atomic E-state index is -0.489. The molecule has 154 valence electrons. The van der Waals surface area contributed by atoms with Gasteiger partial charge in [0.25, 0.3) is 5.91 Å². The zero-order valence-corrected chi connectivity index (χ0v) is 16.8. The van der Waals surface area contributed by atoms with Crippen LogP contribution in [-0.4, -0.2) is 59.0 Å². The molecular weight excluding hydrogens is 372 g/mol. The topological polar surface area (TPSA) is 85.8 Å². The maximum atomic E-state index is 12.7. The molecule has 2 aliphatic heterocycles. The van der Waals surface area contributed by atoms with Crippen LogP contribution in [0.1, 0.15) is 37.0 Å². The van der Waals surface area contributed by atoms with E-state index in [-0.39, 0.29) is 12.0 Å². The van der Waals surface area contributed by atoms with Gasteiger partial charge in [-0.3, -0.25) is 4.79 Å². The summed E-state index contributed by atoms with van der Waals surface area (Å²) in [7, 11) is 0. The second-order valence-electron chi connectivity index (χ2n) is 7.51. The molecule has 0 bridgehead atoms. The van der Waals surface area contributed by atoms with E-state index in [1.54, 1.807) is 17.3 Å². The minimum Gasteiger partial charge on any atom is -0.491 e. The Morgan fingerprint density at radius 1 is 1.10 bits per heavy atom. The van der Waals surface area contributed by atoms with E-state index >= 15 is 0 Å². The third-order valence-electron chi connectivity index (χ3n) is 5.01. The number of rotatable bonds is 5. The Hall–Kier alpha value is -2.71. The first-order valence-electron chi connectivity index (χ1n) is 9.96. The summed E-state index contributed by atoms with van der Waals surface area (Å²) < 4.78 is 17.1. The van der Waals surface area contributed by atoms with Crippen LogP contribution in [0.4, 0.5) is 11.6 Å². The van der Waals surface area contributed by atoms with E-state index in [2.05, 4.69) is 15.3 Å². The van der Waals surface area contributed by atoms with Crippen LogP contribution in [0.5, 0.6) is 5.75 Å². The zero-order chi connectivity index (χ0) is 20.3. The van der Waals surface area contributed by atoms with E-state index in [0.717, 1.165) is 11.4 Å². The average Bonchev–Trinajstić information content (AvgIpc) is 3.18. The number of nitrogens with zero attached hydrogens (tertiary/aromatic N) is 3. The van der Waals surface area contributed by atoms with E-state index in [4.69, 9.17) is 14.2 Å². The Morgan fingerprint density at radius 2 is 1.72 bits per heavy atom. The van der Waals surface area contributed by atoms with E-state index in [0.29, 0.717) is 50.7 Å². The van der Waals surface area contributed by atoms with Crippen LogP contribution >= 0.6 is 0 Å². The maximum Gasteiger partial charge on any atom is 0.256 e. The third kappa shape index (κ3) is 4.65. The van der Waals surface area contributed by atoms with Crippen molar-refractivity contribution in [3.05, 3.63) is 42.2 Å². The normalized spacial score (nSPS) is 18.2. The van der Waals surface area contributed by atoms with Gasteiger partial charge in [0.1, 0.15) is 5.75 Å². The number of anilines is 2. The Morgan fingerprint density at radius 3 is 2.31 bits per heavy atom. The molecule has 2 aliphatic rings. The van der Waals surface area contributed by atoms with Crippen LogP contribution in [0.3, 0.4) is 0 Å². The fraction of sp³-hybridized carbons (Fsp3) is 0.476. The van der Waals surface area contributed by atoms with Gasteiger partial charge in [0.05, 0.1) is 24.9 Å². The largest absolute Gasteiger partial charge is 0.491 e. The first-order chi connectivity index (χ1) is 14.0. The van der Waals surface area contributed by atoms with Gasteiger partial charge in [-0.2, -0.15) is 0 Å². The number of nitrogens with one attached hydrogen (secondary N) is 1. The number of carbonyl (C=O) groups is 1. The number of hydrogen-bond acceptors (Lipinski definition) is 7. The molecule has 8 nitrogen and oxygen atoms in total. The van der Waals surface area contributed by atoms with Crippen molar-refractivity contribution in [1.82, 2.24) is 14.9 Å². The molecule has 0 radical (unpaired) electrons. The molecule has 2 aromatic rings. The minimum absolute atomic E-state index is 0.0698. The lowest BCUT2D eigenvalue weighted by Gasteiger charge is -2.37. The molecule has 1 amide bonds. The van der Waals surface area contributed by atoms with Gasteiger partial charge < -0.3 is 24.4 Å². The fourth-order valence-electron chi connectivity index (χ4n) is 3.54. The monoisotopic (exact) mass is 398 g/mol. The Labute approximate surface area is 170 Å². The summed E-state index contributed by atoms with van der Waals surface area (Å²) in [6.45, 7) is 6.43. The molecule has 1 aromatic carbocycles. The molecule has 2 fully saturated rings. The van der Waals surface area contributed by atoms with Gasteiger partial charge in [-0.1, -0.05) is 0 Å². The van der Waals surface area contributed by atoms with Crippen molar-refractivity contribution < 1.29 is 19.0 Å². The van der Waals surface area contributed by atoms with E-state index in [1.165, 1.54) is 0 Å². The quantitative estimate of drug-likeness (QED) is 0.829. The molecule has 3 heterocycles. The Bertz CT molecular complexity index is 823. The zero-order valence-electron chi connectivity index (χ0n) is 16.8. The van der Waals surface area contributed by atoms with Gasteiger partial charge in [-0.05, 0) is 38.1 Å².